The fourth-order valence-electron chi connectivity index (χ4n) is 3.57. The van der Waals surface area contributed by atoms with Crippen LogP contribution in [0.1, 0.15) is 55.0 Å². The molecule has 2 unspecified atom stereocenters. The molecule has 3 rings (SSSR count). The van der Waals surface area contributed by atoms with Gasteiger partial charge >= 0.3 is 8.60 Å². The summed E-state index contributed by atoms with van der Waals surface area (Å²) in [6.07, 6.45) is 16.8. The van der Waals surface area contributed by atoms with E-state index >= 15 is 0 Å². The summed E-state index contributed by atoms with van der Waals surface area (Å²) in [6.45, 7) is 4.04. The third-order valence-electron chi connectivity index (χ3n) is 5.13. The van der Waals surface area contributed by atoms with Crippen LogP contribution in [0.4, 0.5) is 0 Å². The molecule has 1 aliphatic carbocycles. The van der Waals surface area contributed by atoms with Crippen molar-refractivity contribution in [1.82, 2.24) is 0 Å². The lowest BCUT2D eigenvalue weighted by Crippen LogP contribution is -2.04. The highest BCUT2D eigenvalue weighted by atomic mass is 31.2. The van der Waals surface area contributed by atoms with E-state index in [1.54, 1.807) is 7.11 Å². The van der Waals surface area contributed by atoms with Gasteiger partial charge in [-0.15, -0.1) is 0 Å². The van der Waals surface area contributed by atoms with Crippen LogP contribution in [0, 0.1) is 0 Å². The molecular formula is C26H31O3P. The third-order valence-corrected chi connectivity index (χ3v) is 6.28. The molecule has 0 fully saturated rings. The van der Waals surface area contributed by atoms with Crippen molar-refractivity contribution < 1.29 is 13.6 Å². The van der Waals surface area contributed by atoms with Gasteiger partial charge in [0, 0.05) is 7.11 Å². The Labute approximate surface area is 182 Å². The molecule has 0 aromatic heterocycles. The van der Waals surface area contributed by atoms with Crippen LogP contribution in [-0.2, 0) is 21.9 Å². The Bertz CT molecular complexity index is 901. The van der Waals surface area contributed by atoms with Gasteiger partial charge in [0.15, 0.2) is 0 Å². The Morgan fingerprint density at radius 2 is 1.70 bits per heavy atom. The molecule has 0 heterocycles. The van der Waals surface area contributed by atoms with Crippen LogP contribution in [0.25, 0.3) is 6.08 Å². The molecule has 0 spiro atoms. The first-order valence-electron chi connectivity index (χ1n) is 10.6. The monoisotopic (exact) mass is 422 g/mol. The van der Waals surface area contributed by atoms with Crippen molar-refractivity contribution in [2.75, 3.05) is 7.11 Å². The second-order valence-corrected chi connectivity index (χ2v) is 8.49. The fraction of sp³-hybridized carbons (Fsp3) is 0.308. The van der Waals surface area contributed by atoms with Gasteiger partial charge in [0.05, 0.1) is 6.10 Å². The molecule has 0 saturated carbocycles. The SMILES string of the molecule is C\C=C/C=C\C=C\c1ccccc1C(C)OP(OC)Oc1ccc2c(c1)CCCC2. The lowest BCUT2D eigenvalue weighted by Gasteiger charge is -2.22. The van der Waals surface area contributed by atoms with Gasteiger partial charge in [0.1, 0.15) is 5.75 Å². The molecule has 2 atom stereocenters. The number of allylic oxidation sites excluding steroid dienone is 5. The molecule has 2 aromatic rings. The van der Waals surface area contributed by atoms with E-state index in [2.05, 4.69) is 30.3 Å². The average Bonchev–Trinajstić information content (AvgIpc) is 2.78. The van der Waals surface area contributed by atoms with Crippen LogP contribution < -0.4 is 4.52 Å². The molecule has 0 radical (unpaired) electrons. The van der Waals surface area contributed by atoms with E-state index in [1.165, 1.54) is 24.0 Å². The molecule has 4 heteroatoms. The van der Waals surface area contributed by atoms with Crippen molar-refractivity contribution in [2.24, 2.45) is 0 Å². The Kier molecular flexibility index (Phi) is 8.89. The van der Waals surface area contributed by atoms with Crippen molar-refractivity contribution in [1.29, 1.82) is 0 Å². The highest BCUT2D eigenvalue weighted by Gasteiger charge is 2.20. The topological polar surface area (TPSA) is 27.7 Å². The molecule has 0 saturated heterocycles. The summed E-state index contributed by atoms with van der Waals surface area (Å²) < 4.78 is 17.8. The molecule has 3 nitrogen and oxygen atoms in total. The first-order chi connectivity index (χ1) is 14.7. The van der Waals surface area contributed by atoms with Crippen LogP contribution >= 0.6 is 8.60 Å². The lowest BCUT2D eigenvalue weighted by atomic mass is 9.92. The summed E-state index contributed by atoms with van der Waals surface area (Å²) in [4.78, 5) is 0. The maximum Gasteiger partial charge on any atom is 0.397 e. The number of benzene rings is 2. The zero-order valence-corrected chi connectivity index (χ0v) is 19.0. The van der Waals surface area contributed by atoms with Crippen LogP contribution in [0.3, 0.4) is 0 Å². The van der Waals surface area contributed by atoms with Gasteiger partial charge in [0.25, 0.3) is 0 Å². The van der Waals surface area contributed by atoms with Crippen molar-refractivity contribution in [3.8, 4) is 5.75 Å². The van der Waals surface area contributed by atoms with Gasteiger partial charge in [0.2, 0.25) is 0 Å². The Morgan fingerprint density at radius 3 is 2.50 bits per heavy atom. The predicted octanol–water partition coefficient (Wildman–Crippen LogP) is 7.74. The largest absolute Gasteiger partial charge is 0.427 e. The summed E-state index contributed by atoms with van der Waals surface area (Å²) in [5, 5.41) is 0. The van der Waals surface area contributed by atoms with Gasteiger partial charge < -0.3 is 9.05 Å². The number of aryl methyl sites for hydroxylation is 2. The van der Waals surface area contributed by atoms with Gasteiger partial charge in [-0.1, -0.05) is 66.8 Å². The van der Waals surface area contributed by atoms with Crippen LogP contribution in [0.2, 0.25) is 0 Å². The Morgan fingerprint density at radius 1 is 0.933 bits per heavy atom. The highest BCUT2D eigenvalue weighted by Crippen LogP contribution is 2.45. The van der Waals surface area contributed by atoms with Crippen LogP contribution in [-0.4, -0.2) is 7.11 Å². The van der Waals surface area contributed by atoms with Crippen molar-refractivity contribution in [3.63, 3.8) is 0 Å². The number of rotatable bonds is 9. The van der Waals surface area contributed by atoms with Crippen molar-refractivity contribution in [3.05, 3.63) is 95.1 Å². The first-order valence-corrected chi connectivity index (χ1v) is 11.7. The zero-order valence-electron chi connectivity index (χ0n) is 18.1. The highest BCUT2D eigenvalue weighted by molar-refractivity contribution is 7.42. The summed E-state index contributed by atoms with van der Waals surface area (Å²) in [5.41, 5.74) is 5.05. The van der Waals surface area contributed by atoms with E-state index < -0.39 is 8.60 Å². The number of hydrogen-bond donors (Lipinski definition) is 0. The normalized spacial score (nSPS) is 16.2. The second kappa shape index (κ2) is 11.9. The second-order valence-electron chi connectivity index (χ2n) is 7.28. The summed E-state index contributed by atoms with van der Waals surface area (Å²) in [6, 6.07) is 14.6. The Balaban J connectivity index is 1.67. The minimum atomic E-state index is -1.49. The van der Waals surface area contributed by atoms with E-state index in [1.807, 2.05) is 62.4 Å². The maximum atomic E-state index is 6.18. The summed E-state index contributed by atoms with van der Waals surface area (Å²) >= 11 is 0. The van der Waals surface area contributed by atoms with Gasteiger partial charge in [-0.05, 0) is 73.9 Å². The summed E-state index contributed by atoms with van der Waals surface area (Å²) in [7, 11) is 0.142. The molecule has 0 aliphatic heterocycles. The maximum absolute atomic E-state index is 6.18. The van der Waals surface area contributed by atoms with E-state index in [0.29, 0.717) is 0 Å². The van der Waals surface area contributed by atoms with E-state index in [9.17, 15) is 0 Å². The minimum absolute atomic E-state index is 0.158. The van der Waals surface area contributed by atoms with Crippen molar-refractivity contribution >= 4 is 14.7 Å². The standard InChI is InChI=1S/C26H31O3P/c1-4-5-6-7-8-14-23-15-11-12-17-26(23)21(2)28-30(27-3)29-25-19-18-22-13-9-10-16-24(22)20-25/h4-8,11-12,14-15,17-21H,9-10,13,16H2,1-3H3/b5-4-,7-6-,14-8+. The quantitative estimate of drug-likeness (QED) is 0.305. The summed E-state index contributed by atoms with van der Waals surface area (Å²) in [5.74, 6) is 0.818. The number of fused-ring (bicyclic) bond motifs is 1. The minimum Gasteiger partial charge on any atom is -0.427 e. The Hall–Kier alpha value is -2.19. The van der Waals surface area contributed by atoms with E-state index in [-0.39, 0.29) is 6.10 Å². The number of hydrogen-bond acceptors (Lipinski definition) is 3. The third kappa shape index (κ3) is 6.40. The smallest absolute Gasteiger partial charge is 0.397 e. The molecule has 0 bridgehead atoms. The van der Waals surface area contributed by atoms with Crippen LogP contribution in [0.15, 0.2) is 72.8 Å². The van der Waals surface area contributed by atoms with Gasteiger partial charge in [-0.3, -0.25) is 4.52 Å². The van der Waals surface area contributed by atoms with Crippen molar-refractivity contribution in [2.45, 2.75) is 45.6 Å². The van der Waals surface area contributed by atoms with E-state index in [0.717, 1.165) is 29.7 Å². The van der Waals surface area contributed by atoms with Gasteiger partial charge in [-0.2, -0.15) is 0 Å². The molecule has 30 heavy (non-hydrogen) atoms. The molecule has 0 amide bonds. The lowest BCUT2D eigenvalue weighted by molar-refractivity contribution is 0.177. The molecule has 1 aliphatic rings. The molecular weight excluding hydrogens is 391 g/mol. The molecule has 158 valence electrons. The average molecular weight is 423 g/mol. The predicted molar refractivity (Wildman–Crippen MR) is 127 cm³/mol. The fourth-order valence-corrected chi connectivity index (χ4v) is 4.43. The zero-order chi connectivity index (χ0) is 21.2. The van der Waals surface area contributed by atoms with E-state index in [4.69, 9.17) is 13.6 Å². The van der Waals surface area contributed by atoms with Crippen LogP contribution in [0.5, 0.6) is 5.75 Å². The molecule has 2 aromatic carbocycles. The first kappa shape index (κ1) is 22.5. The molecule has 0 N–H and O–H groups in total. The van der Waals surface area contributed by atoms with Gasteiger partial charge in [-0.25, -0.2) is 0 Å².